The maximum absolute atomic E-state index is 6.09. The van der Waals surface area contributed by atoms with Crippen molar-refractivity contribution in [3.05, 3.63) is 9.63 Å². The number of nitrogens with two attached hydrogens (primary N) is 1. The van der Waals surface area contributed by atoms with Gasteiger partial charge in [-0.05, 0) is 22.2 Å². The average Bonchev–Trinajstić information content (AvgIpc) is 2.91. The van der Waals surface area contributed by atoms with E-state index in [-0.39, 0.29) is 12.0 Å². The topological polar surface area (TPSA) is 101 Å². The van der Waals surface area contributed by atoms with Gasteiger partial charge in [0.25, 0.3) is 0 Å². The van der Waals surface area contributed by atoms with Gasteiger partial charge in [-0.2, -0.15) is 4.99 Å². The minimum atomic E-state index is -0.333. The summed E-state index contributed by atoms with van der Waals surface area (Å²) in [4.78, 5) is 25.1. The van der Waals surface area contributed by atoms with E-state index in [0.717, 1.165) is 0 Å². The van der Waals surface area contributed by atoms with Crippen molar-refractivity contribution in [2.45, 2.75) is 16.2 Å². The van der Waals surface area contributed by atoms with Gasteiger partial charge in [-0.1, -0.05) is 35.1 Å². The average molecular weight is 405 g/mol. The first-order valence-electron chi connectivity index (χ1n) is 5.55. The molecule has 3 rings (SSSR count). The molecule has 1 atom stereocenters. The number of thioether (sulfide) groups is 2. The molecule has 0 amide bonds. The lowest BCUT2D eigenvalue weighted by molar-refractivity contribution is 0.883. The number of rotatable bonds is 2. The molecule has 0 radical (unpaired) electrons. The van der Waals surface area contributed by atoms with Gasteiger partial charge in [0.15, 0.2) is 17.0 Å². The molecular weight excluding hydrogens is 398 g/mol. The molecule has 1 aromatic heterocycles. The molecule has 0 fully saturated rings. The van der Waals surface area contributed by atoms with Crippen LogP contribution in [0, 0.1) is 0 Å². The van der Waals surface area contributed by atoms with Gasteiger partial charge in [0, 0.05) is 0 Å². The molecule has 0 aliphatic carbocycles. The van der Waals surface area contributed by atoms with Gasteiger partial charge in [-0.15, -0.1) is 0 Å². The van der Waals surface area contributed by atoms with E-state index in [1.807, 2.05) is 6.26 Å². The standard InChI is InChI=1S/C10H7BrClN7S2/c1-20-10-16-5(12)3(11)7(19-10)21-8-4-6(15-2-14-4)17-9(13)18-8/h2,4H,1H3,(H2,13,14,15,17). The van der Waals surface area contributed by atoms with E-state index in [0.29, 0.717) is 30.7 Å². The molecule has 0 spiro atoms. The molecular formula is C10H7BrClN7S2. The minimum Gasteiger partial charge on any atom is -0.368 e. The molecule has 2 aliphatic rings. The van der Waals surface area contributed by atoms with Gasteiger partial charge in [-0.25, -0.2) is 20.0 Å². The first-order chi connectivity index (χ1) is 10.1. The molecule has 108 valence electrons. The summed E-state index contributed by atoms with van der Waals surface area (Å²) >= 11 is 12.2. The zero-order valence-corrected chi connectivity index (χ0v) is 14.5. The molecule has 11 heteroatoms. The molecule has 21 heavy (non-hydrogen) atoms. The first kappa shape index (κ1) is 14.9. The zero-order chi connectivity index (χ0) is 15.0. The van der Waals surface area contributed by atoms with Crippen LogP contribution in [0.25, 0.3) is 0 Å². The Morgan fingerprint density at radius 2 is 2.14 bits per heavy atom. The zero-order valence-electron chi connectivity index (χ0n) is 10.5. The smallest absolute Gasteiger partial charge is 0.222 e. The van der Waals surface area contributed by atoms with E-state index in [4.69, 9.17) is 17.3 Å². The third kappa shape index (κ3) is 2.98. The van der Waals surface area contributed by atoms with Crippen LogP contribution in [-0.2, 0) is 0 Å². The summed E-state index contributed by atoms with van der Waals surface area (Å²) in [6.07, 6.45) is 3.33. The highest BCUT2D eigenvalue weighted by Gasteiger charge is 2.30. The molecule has 1 unspecified atom stereocenters. The highest BCUT2D eigenvalue weighted by Crippen LogP contribution is 2.35. The number of hydrogen-bond donors (Lipinski definition) is 1. The maximum atomic E-state index is 6.09. The van der Waals surface area contributed by atoms with Crippen molar-refractivity contribution in [3.8, 4) is 0 Å². The fourth-order valence-electron chi connectivity index (χ4n) is 1.60. The van der Waals surface area contributed by atoms with Gasteiger partial charge < -0.3 is 5.73 Å². The van der Waals surface area contributed by atoms with Gasteiger partial charge in [0.2, 0.25) is 5.96 Å². The van der Waals surface area contributed by atoms with Gasteiger partial charge in [0.05, 0.1) is 4.47 Å². The van der Waals surface area contributed by atoms with Gasteiger partial charge in [0.1, 0.15) is 21.6 Å². The number of hydrogen-bond acceptors (Lipinski definition) is 9. The van der Waals surface area contributed by atoms with Crippen LogP contribution in [0.15, 0.2) is 34.6 Å². The number of nitrogens with zero attached hydrogens (tertiary/aromatic N) is 6. The van der Waals surface area contributed by atoms with Crippen molar-refractivity contribution in [1.82, 2.24) is 9.97 Å². The Labute approximate surface area is 141 Å². The van der Waals surface area contributed by atoms with Crippen molar-refractivity contribution in [2.24, 2.45) is 25.7 Å². The number of fused-ring (bicyclic) bond motifs is 1. The van der Waals surface area contributed by atoms with E-state index in [1.54, 1.807) is 0 Å². The Morgan fingerprint density at radius 1 is 1.33 bits per heavy atom. The summed E-state index contributed by atoms with van der Waals surface area (Å²) in [5.41, 5.74) is 5.70. The number of amidine groups is 1. The van der Waals surface area contributed by atoms with E-state index in [9.17, 15) is 0 Å². The third-order valence-corrected chi connectivity index (χ3v) is 5.56. The molecule has 2 N–H and O–H groups in total. The van der Waals surface area contributed by atoms with Crippen LogP contribution in [-0.4, -0.2) is 45.4 Å². The fourth-order valence-corrected chi connectivity index (χ4v) is 3.65. The Hall–Kier alpha value is -0.970. The van der Waals surface area contributed by atoms with Crippen LogP contribution in [0.5, 0.6) is 0 Å². The van der Waals surface area contributed by atoms with Crippen molar-refractivity contribution >= 4 is 74.2 Å². The second kappa shape index (κ2) is 6.03. The van der Waals surface area contributed by atoms with Crippen molar-refractivity contribution < 1.29 is 0 Å². The van der Waals surface area contributed by atoms with Crippen LogP contribution in [0.4, 0.5) is 0 Å². The van der Waals surface area contributed by atoms with Crippen LogP contribution in [0.3, 0.4) is 0 Å². The number of guanidine groups is 1. The Morgan fingerprint density at radius 3 is 2.90 bits per heavy atom. The second-order valence-corrected chi connectivity index (χ2v) is 6.73. The lowest BCUT2D eigenvalue weighted by atomic mass is 10.3. The maximum Gasteiger partial charge on any atom is 0.222 e. The lowest BCUT2D eigenvalue weighted by Crippen LogP contribution is -2.31. The molecule has 2 aliphatic heterocycles. The molecule has 0 bridgehead atoms. The van der Waals surface area contributed by atoms with Crippen molar-refractivity contribution in [1.29, 1.82) is 0 Å². The third-order valence-electron chi connectivity index (χ3n) is 2.48. The predicted molar refractivity (Wildman–Crippen MR) is 91.2 cm³/mol. The van der Waals surface area contributed by atoms with Crippen molar-refractivity contribution in [2.75, 3.05) is 6.26 Å². The van der Waals surface area contributed by atoms with E-state index in [2.05, 4.69) is 45.9 Å². The lowest BCUT2D eigenvalue weighted by Gasteiger charge is -2.15. The summed E-state index contributed by atoms with van der Waals surface area (Å²) in [5.74, 6) is 0.686. The largest absolute Gasteiger partial charge is 0.368 e. The highest BCUT2D eigenvalue weighted by molar-refractivity contribution is 9.10. The Bertz CT molecular complexity index is 730. The molecule has 7 nitrogen and oxygen atoms in total. The highest BCUT2D eigenvalue weighted by atomic mass is 79.9. The molecule has 3 heterocycles. The predicted octanol–water partition coefficient (Wildman–Crippen LogP) is 2.24. The van der Waals surface area contributed by atoms with Gasteiger partial charge in [-0.3, -0.25) is 4.99 Å². The summed E-state index contributed by atoms with van der Waals surface area (Å²) < 4.78 is 0.608. The quantitative estimate of drug-likeness (QED) is 0.463. The summed E-state index contributed by atoms with van der Waals surface area (Å²) in [6, 6.07) is -0.333. The minimum absolute atomic E-state index is 0.152. The van der Waals surface area contributed by atoms with E-state index >= 15 is 0 Å². The van der Waals surface area contributed by atoms with Crippen LogP contribution >= 0.6 is 51.1 Å². The second-order valence-electron chi connectivity index (χ2n) is 3.80. The summed E-state index contributed by atoms with van der Waals surface area (Å²) in [6.45, 7) is 0. The fraction of sp³-hybridized carbons (Fsp3) is 0.200. The Balaban J connectivity index is 1.97. The van der Waals surface area contributed by atoms with Crippen LogP contribution < -0.4 is 5.73 Å². The number of aromatic nitrogens is 2. The van der Waals surface area contributed by atoms with Crippen molar-refractivity contribution in [3.63, 3.8) is 0 Å². The Kier molecular flexibility index (Phi) is 4.29. The van der Waals surface area contributed by atoms with Gasteiger partial charge >= 0.3 is 0 Å². The normalized spacial score (nSPS) is 20.0. The SMILES string of the molecule is CSc1nc(Cl)c(Br)c(SC2=NC(N)=NC3=NC=NC32)n1. The van der Waals surface area contributed by atoms with E-state index < -0.39 is 0 Å². The summed E-state index contributed by atoms with van der Waals surface area (Å²) in [7, 11) is 0. The molecule has 0 aromatic carbocycles. The summed E-state index contributed by atoms with van der Waals surface area (Å²) in [5, 5.41) is 2.22. The van der Waals surface area contributed by atoms with Crippen LogP contribution in [0.2, 0.25) is 5.15 Å². The molecule has 1 aromatic rings. The van der Waals surface area contributed by atoms with Crippen LogP contribution in [0.1, 0.15) is 0 Å². The van der Waals surface area contributed by atoms with E-state index in [1.165, 1.54) is 29.9 Å². The molecule has 0 saturated heterocycles. The monoisotopic (exact) mass is 403 g/mol. The number of aliphatic imine (C=N–C) groups is 4. The number of halogens is 2. The first-order valence-corrected chi connectivity index (χ1v) is 8.76. The molecule has 0 saturated carbocycles.